The topological polar surface area (TPSA) is 87.6 Å². The Labute approximate surface area is 174 Å². The van der Waals surface area contributed by atoms with E-state index in [0.29, 0.717) is 21.0 Å². The monoisotopic (exact) mass is 415 g/mol. The molecule has 0 aliphatic carbocycles. The minimum absolute atomic E-state index is 0.104. The van der Waals surface area contributed by atoms with Gasteiger partial charge in [0.2, 0.25) is 0 Å². The summed E-state index contributed by atoms with van der Waals surface area (Å²) in [5.41, 5.74) is 4.59. The normalized spacial score (nSPS) is 12.3. The third-order valence-corrected chi connectivity index (χ3v) is 6.21. The van der Waals surface area contributed by atoms with Crippen molar-refractivity contribution < 1.29 is 14.3 Å². The van der Waals surface area contributed by atoms with E-state index in [4.69, 9.17) is 4.42 Å². The summed E-state index contributed by atoms with van der Waals surface area (Å²) in [6.07, 6.45) is 1.70. The second-order valence-corrected chi connectivity index (χ2v) is 8.10. The molecule has 2 aromatic carbocycles. The first-order valence-corrected chi connectivity index (χ1v) is 10.1. The van der Waals surface area contributed by atoms with Crippen LogP contribution in [0, 0.1) is 13.8 Å². The van der Waals surface area contributed by atoms with E-state index >= 15 is 0 Å². The van der Waals surface area contributed by atoms with Crippen molar-refractivity contribution in [2.24, 2.45) is 0 Å². The summed E-state index contributed by atoms with van der Waals surface area (Å²) >= 11 is 1.32. The van der Waals surface area contributed by atoms with Crippen molar-refractivity contribution in [1.29, 1.82) is 0 Å². The summed E-state index contributed by atoms with van der Waals surface area (Å²) in [5, 5.41) is 10.9. The molecule has 5 aromatic rings. The molecule has 6 nitrogen and oxygen atoms in total. The highest BCUT2D eigenvalue weighted by Gasteiger charge is 2.14. The van der Waals surface area contributed by atoms with Gasteiger partial charge in [-0.3, -0.25) is 4.79 Å². The van der Waals surface area contributed by atoms with Gasteiger partial charge in [-0.1, -0.05) is 41.7 Å². The van der Waals surface area contributed by atoms with Crippen molar-refractivity contribution in [3.05, 3.63) is 85.9 Å². The van der Waals surface area contributed by atoms with Gasteiger partial charge in [-0.2, -0.15) is 0 Å². The molecule has 0 atom stereocenters. The zero-order chi connectivity index (χ0) is 21.0. The van der Waals surface area contributed by atoms with Gasteiger partial charge in [0.05, 0.1) is 17.0 Å². The lowest BCUT2D eigenvalue weighted by Gasteiger charge is -2.02. The Bertz CT molecular complexity index is 1560. The van der Waals surface area contributed by atoms with E-state index in [2.05, 4.69) is 4.98 Å². The maximum Gasteiger partial charge on any atom is 0.275 e. The molecule has 0 bridgehead atoms. The molecule has 0 unspecified atom stereocenters. The van der Waals surface area contributed by atoms with Crippen LogP contribution in [0.3, 0.4) is 0 Å². The minimum Gasteiger partial charge on any atom is -0.545 e. The number of carbonyl (C=O) groups is 1. The van der Waals surface area contributed by atoms with Crippen LogP contribution in [0.1, 0.15) is 27.2 Å². The van der Waals surface area contributed by atoms with Crippen LogP contribution in [0.15, 0.2) is 57.7 Å². The van der Waals surface area contributed by atoms with Crippen LogP contribution in [-0.2, 0) is 0 Å². The molecule has 148 valence electrons. The van der Waals surface area contributed by atoms with Gasteiger partial charge in [-0.25, -0.2) is 9.38 Å². The molecule has 0 fully saturated rings. The maximum absolute atomic E-state index is 13.0. The molecule has 0 spiro atoms. The van der Waals surface area contributed by atoms with E-state index in [1.165, 1.54) is 23.5 Å². The average molecular weight is 415 g/mol. The molecule has 0 radical (unpaired) electrons. The summed E-state index contributed by atoms with van der Waals surface area (Å²) in [4.78, 5) is 29.2. The van der Waals surface area contributed by atoms with E-state index in [1.807, 2.05) is 26.0 Å². The molecule has 0 saturated heterocycles. The number of aromatic carboxylic acids is 1. The zero-order valence-corrected chi connectivity index (χ0v) is 16.9. The molecule has 7 heteroatoms. The Kier molecular flexibility index (Phi) is 4.08. The maximum atomic E-state index is 13.0. The van der Waals surface area contributed by atoms with Gasteiger partial charge in [-0.15, -0.1) is 0 Å². The summed E-state index contributed by atoms with van der Waals surface area (Å²) in [6.45, 7) is 4.04. The fourth-order valence-corrected chi connectivity index (χ4v) is 4.41. The van der Waals surface area contributed by atoms with Crippen LogP contribution >= 0.6 is 11.3 Å². The quantitative estimate of drug-likeness (QED) is 0.452. The number of benzene rings is 2. The van der Waals surface area contributed by atoms with E-state index < -0.39 is 5.97 Å². The smallest absolute Gasteiger partial charge is 0.275 e. The van der Waals surface area contributed by atoms with Crippen LogP contribution in [0.2, 0.25) is 0 Å². The van der Waals surface area contributed by atoms with Crippen molar-refractivity contribution in [3.8, 4) is 11.3 Å². The van der Waals surface area contributed by atoms with Gasteiger partial charge < -0.3 is 14.3 Å². The van der Waals surface area contributed by atoms with Crippen LogP contribution in [0.4, 0.5) is 0 Å². The van der Waals surface area contributed by atoms with Gasteiger partial charge in [0, 0.05) is 11.6 Å². The lowest BCUT2D eigenvalue weighted by atomic mass is 10.1. The first kappa shape index (κ1) is 18.3. The summed E-state index contributed by atoms with van der Waals surface area (Å²) < 4.78 is 8.02. The molecule has 5 rings (SSSR count). The third-order valence-electron chi connectivity index (χ3n) is 5.24. The average Bonchev–Trinajstić information content (AvgIpc) is 3.42. The van der Waals surface area contributed by atoms with Crippen molar-refractivity contribution in [2.75, 3.05) is 0 Å². The molecular formula is C23H15N2O4S-. The van der Waals surface area contributed by atoms with Gasteiger partial charge in [0.1, 0.15) is 16.1 Å². The summed E-state index contributed by atoms with van der Waals surface area (Å²) in [6, 6.07) is 13.7. The number of thiazole rings is 1. The Morgan fingerprint density at radius 3 is 2.60 bits per heavy atom. The van der Waals surface area contributed by atoms with Gasteiger partial charge in [0.15, 0.2) is 4.96 Å². The van der Waals surface area contributed by atoms with Gasteiger partial charge in [-0.05, 0) is 48.7 Å². The molecule has 0 aliphatic rings. The van der Waals surface area contributed by atoms with Gasteiger partial charge >= 0.3 is 0 Å². The predicted octanol–water partition coefficient (Wildman–Crippen LogP) is 2.70. The van der Waals surface area contributed by atoms with E-state index in [-0.39, 0.29) is 11.1 Å². The van der Waals surface area contributed by atoms with E-state index in [0.717, 1.165) is 27.7 Å². The number of imidazole rings is 1. The largest absolute Gasteiger partial charge is 0.545 e. The molecule has 0 N–H and O–H groups in total. The Morgan fingerprint density at radius 1 is 1.10 bits per heavy atom. The Balaban J connectivity index is 1.57. The number of hydrogen-bond donors (Lipinski definition) is 0. The standard InChI is InChI=1S/C23H16N2O4S/c1-12-3-9-17-20(13(12)2)24-23-25(17)21(26)19(30-23)11-16-8-10-18(29-16)14-4-6-15(7-5-14)22(27)28/h3-11H,1-2H3,(H,27,28)/p-1. The number of aromatic nitrogens is 2. The molecule has 0 aliphatic heterocycles. The molecular weight excluding hydrogens is 400 g/mol. The zero-order valence-electron chi connectivity index (χ0n) is 16.1. The lowest BCUT2D eigenvalue weighted by Crippen LogP contribution is -2.22. The van der Waals surface area contributed by atoms with Crippen molar-refractivity contribution >= 4 is 39.4 Å². The second-order valence-electron chi connectivity index (χ2n) is 7.09. The van der Waals surface area contributed by atoms with Crippen molar-refractivity contribution in [1.82, 2.24) is 9.38 Å². The first-order chi connectivity index (χ1) is 14.4. The van der Waals surface area contributed by atoms with Crippen LogP contribution in [0.25, 0.3) is 33.4 Å². The molecule has 0 amide bonds. The Hall–Kier alpha value is -3.71. The second kappa shape index (κ2) is 6.67. The molecule has 3 heterocycles. The first-order valence-electron chi connectivity index (χ1n) is 9.27. The molecule has 0 saturated carbocycles. The highest BCUT2D eigenvalue weighted by Crippen LogP contribution is 2.24. The number of aryl methyl sites for hydroxylation is 2. The number of rotatable bonds is 3. The summed E-state index contributed by atoms with van der Waals surface area (Å²) in [7, 11) is 0. The van der Waals surface area contributed by atoms with Crippen molar-refractivity contribution in [2.45, 2.75) is 13.8 Å². The summed E-state index contributed by atoms with van der Waals surface area (Å²) in [5.74, 6) is -0.109. The highest BCUT2D eigenvalue weighted by atomic mass is 32.1. The molecule has 3 aromatic heterocycles. The van der Waals surface area contributed by atoms with Gasteiger partial charge in [0.25, 0.3) is 5.56 Å². The minimum atomic E-state index is -1.22. The lowest BCUT2D eigenvalue weighted by molar-refractivity contribution is -0.255. The highest BCUT2D eigenvalue weighted by molar-refractivity contribution is 7.15. The predicted molar refractivity (Wildman–Crippen MR) is 114 cm³/mol. The van der Waals surface area contributed by atoms with Crippen LogP contribution in [0.5, 0.6) is 0 Å². The SMILES string of the molecule is Cc1ccc2c(nc3sc(=Cc4ccc(-c5ccc(C(=O)[O-])cc5)o4)c(=O)n32)c1C. The fourth-order valence-electron chi connectivity index (χ4n) is 3.45. The Morgan fingerprint density at radius 2 is 1.87 bits per heavy atom. The number of furan rings is 1. The number of carboxylic acid groups (broad SMARTS) is 1. The van der Waals surface area contributed by atoms with Crippen LogP contribution in [-0.4, -0.2) is 15.4 Å². The number of carbonyl (C=O) groups excluding carboxylic acids is 1. The number of hydrogen-bond acceptors (Lipinski definition) is 6. The number of nitrogens with zero attached hydrogens (tertiary/aromatic N) is 2. The third kappa shape index (κ3) is 2.83. The van der Waals surface area contributed by atoms with E-state index in [9.17, 15) is 14.7 Å². The van der Waals surface area contributed by atoms with Crippen LogP contribution < -0.4 is 15.2 Å². The number of fused-ring (bicyclic) bond motifs is 3. The fraction of sp³-hybridized carbons (Fsp3) is 0.0870. The van der Waals surface area contributed by atoms with E-state index in [1.54, 1.807) is 34.7 Å². The molecule has 30 heavy (non-hydrogen) atoms. The van der Waals surface area contributed by atoms with Crippen molar-refractivity contribution in [3.63, 3.8) is 0 Å². The number of carboxylic acids is 1.